The van der Waals surface area contributed by atoms with Gasteiger partial charge in [-0.25, -0.2) is 8.42 Å². The number of anilines is 2. The van der Waals surface area contributed by atoms with Gasteiger partial charge in [-0.2, -0.15) is 0 Å². The summed E-state index contributed by atoms with van der Waals surface area (Å²) in [5.74, 6) is 0.289. The summed E-state index contributed by atoms with van der Waals surface area (Å²) < 4.78 is 33.9. The highest BCUT2D eigenvalue weighted by atomic mass is 35.5. The highest BCUT2D eigenvalue weighted by Gasteiger charge is 2.21. The molecule has 6 nitrogen and oxygen atoms in total. The van der Waals surface area contributed by atoms with Gasteiger partial charge in [0.05, 0.1) is 20.6 Å². The van der Waals surface area contributed by atoms with Gasteiger partial charge in [0.15, 0.2) is 6.10 Å². The Morgan fingerprint density at radius 2 is 1.60 bits per heavy atom. The van der Waals surface area contributed by atoms with Crippen LogP contribution in [0.5, 0.6) is 5.75 Å². The molecule has 0 aliphatic carbocycles. The number of amides is 1. The number of benzene rings is 4. The zero-order valence-electron chi connectivity index (χ0n) is 18.7. The first-order valence-electron chi connectivity index (χ1n) is 10.8. The first-order chi connectivity index (χ1) is 16.8. The van der Waals surface area contributed by atoms with Crippen molar-refractivity contribution in [2.75, 3.05) is 10.0 Å². The molecule has 2 N–H and O–H groups in total. The fourth-order valence-electron chi connectivity index (χ4n) is 3.50. The number of sulfonamides is 1. The summed E-state index contributed by atoms with van der Waals surface area (Å²) in [5.41, 5.74) is 0.614. The number of hydrogen-bond donors (Lipinski definition) is 2. The number of nitrogens with one attached hydrogen (secondary N) is 2. The Morgan fingerprint density at radius 1 is 0.914 bits per heavy atom. The van der Waals surface area contributed by atoms with E-state index >= 15 is 0 Å². The van der Waals surface area contributed by atoms with E-state index in [0.717, 1.165) is 10.8 Å². The van der Waals surface area contributed by atoms with Crippen molar-refractivity contribution in [2.24, 2.45) is 0 Å². The summed E-state index contributed by atoms with van der Waals surface area (Å²) in [4.78, 5) is 12.9. The summed E-state index contributed by atoms with van der Waals surface area (Å²) in [6.45, 7) is 1.86. The zero-order valence-corrected chi connectivity index (χ0v) is 21.0. The largest absolute Gasteiger partial charge is 0.480 e. The number of carbonyl (C=O) groups is 1. The molecular weight excluding hydrogens is 507 g/mol. The number of fused-ring (bicyclic) bond motifs is 1. The molecular formula is C26H22Cl2N2O4S. The molecule has 0 bridgehead atoms. The SMILES string of the molecule is CCC(Oc1cccc2ccccc12)C(=O)Nc1ccc(S(=O)(=O)Nc2cccc(Cl)c2Cl)cc1. The molecule has 1 atom stereocenters. The van der Waals surface area contributed by atoms with Gasteiger partial charge in [-0.15, -0.1) is 0 Å². The van der Waals surface area contributed by atoms with Crippen LogP contribution in [0.1, 0.15) is 13.3 Å². The maximum atomic E-state index is 12.9. The lowest BCUT2D eigenvalue weighted by Gasteiger charge is -2.18. The van der Waals surface area contributed by atoms with E-state index in [1.807, 2.05) is 49.4 Å². The van der Waals surface area contributed by atoms with Gasteiger partial charge in [-0.05, 0) is 54.3 Å². The van der Waals surface area contributed by atoms with E-state index in [4.69, 9.17) is 27.9 Å². The number of hydrogen-bond acceptors (Lipinski definition) is 4. The summed E-state index contributed by atoms with van der Waals surface area (Å²) in [7, 11) is -3.91. The number of halogens is 2. The minimum absolute atomic E-state index is 0.00517. The molecule has 4 aromatic carbocycles. The maximum Gasteiger partial charge on any atom is 0.265 e. The van der Waals surface area contributed by atoms with Crippen molar-refractivity contribution < 1.29 is 17.9 Å². The molecule has 0 heterocycles. The number of ether oxygens (including phenoxy) is 1. The Morgan fingerprint density at radius 3 is 2.34 bits per heavy atom. The number of rotatable bonds is 8. The third-order valence-corrected chi connectivity index (χ3v) is 7.51. The first-order valence-corrected chi connectivity index (χ1v) is 13.0. The van der Waals surface area contributed by atoms with Gasteiger partial charge in [-0.1, -0.05) is 72.6 Å². The van der Waals surface area contributed by atoms with Crippen molar-refractivity contribution in [2.45, 2.75) is 24.3 Å². The molecule has 4 rings (SSSR count). The Bertz CT molecular complexity index is 1470. The zero-order chi connectivity index (χ0) is 25.0. The monoisotopic (exact) mass is 528 g/mol. The highest BCUT2D eigenvalue weighted by Crippen LogP contribution is 2.31. The standard InChI is InChI=1S/C26H22Cl2N2O4S/c1-2-23(34-24-12-5-8-17-7-3-4-9-20(17)24)26(31)29-18-13-15-19(16-14-18)35(32,33)30-22-11-6-10-21(27)25(22)28/h3-16,23,30H,2H2,1H3,(H,29,31). The van der Waals surface area contributed by atoms with Crippen molar-refractivity contribution in [1.82, 2.24) is 0 Å². The van der Waals surface area contributed by atoms with E-state index < -0.39 is 16.1 Å². The summed E-state index contributed by atoms with van der Waals surface area (Å²) in [5, 5.41) is 5.07. The molecule has 0 aliphatic heterocycles. The second-order valence-corrected chi connectivity index (χ2v) is 10.2. The molecule has 0 aliphatic rings. The van der Waals surface area contributed by atoms with Crippen LogP contribution < -0.4 is 14.8 Å². The minimum Gasteiger partial charge on any atom is -0.480 e. The van der Waals surface area contributed by atoms with Crippen LogP contribution in [-0.2, 0) is 14.8 Å². The Kier molecular flexibility index (Phi) is 7.50. The van der Waals surface area contributed by atoms with Crippen LogP contribution in [0.3, 0.4) is 0 Å². The first kappa shape index (κ1) is 24.9. The van der Waals surface area contributed by atoms with Crippen LogP contribution in [0.2, 0.25) is 10.0 Å². The van der Waals surface area contributed by atoms with E-state index in [2.05, 4.69) is 10.0 Å². The van der Waals surface area contributed by atoms with Crippen LogP contribution in [0.4, 0.5) is 11.4 Å². The van der Waals surface area contributed by atoms with E-state index in [1.54, 1.807) is 12.1 Å². The lowest BCUT2D eigenvalue weighted by atomic mass is 10.1. The highest BCUT2D eigenvalue weighted by molar-refractivity contribution is 7.92. The lowest BCUT2D eigenvalue weighted by Crippen LogP contribution is -2.32. The van der Waals surface area contributed by atoms with Gasteiger partial charge >= 0.3 is 0 Å². The third-order valence-electron chi connectivity index (χ3n) is 5.31. The number of carbonyl (C=O) groups excluding carboxylic acids is 1. The predicted octanol–water partition coefficient (Wildman–Crippen LogP) is 6.74. The average Bonchev–Trinajstić information content (AvgIpc) is 2.85. The molecule has 0 radical (unpaired) electrons. The summed E-state index contributed by atoms with van der Waals surface area (Å²) in [6, 6.07) is 24.0. The van der Waals surface area contributed by atoms with Crippen molar-refractivity contribution in [3.05, 3.63) is 95.0 Å². The molecule has 0 fully saturated rings. The van der Waals surface area contributed by atoms with Gasteiger partial charge in [0.2, 0.25) is 0 Å². The fourth-order valence-corrected chi connectivity index (χ4v) is 4.98. The quantitative estimate of drug-likeness (QED) is 0.265. The Balaban J connectivity index is 1.46. The molecule has 35 heavy (non-hydrogen) atoms. The van der Waals surface area contributed by atoms with Crippen LogP contribution in [0, 0.1) is 0 Å². The van der Waals surface area contributed by atoms with E-state index in [0.29, 0.717) is 17.9 Å². The van der Waals surface area contributed by atoms with E-state index in [1.165, 1.54) is 30.3 Å². The third kappa shape index (κ3) is 5.70. The smallest absolute Gasteiger partial charge is 0.265 e. The van der Waals surface area contributed by atoms with Crippen LogP contribution in [-0.4, -0.2) is 20.4 Å². The topological polar surface area (TPSA) is 84.5 Å². The van der Waals surface area contributed by atoms with Crippen molar-refractivity contribution in [3.63, 3.8) is 0 Å². The average molecular weight is 529 g/mol. The normalized spacial score (nSPS) is 12.2. The minimum atomic E-state index is -3.91. The lowest BCUT2D eigenvalue weighted by molar-refractivity contribution is -0.122. The van der Waals surface area contributed by atoms with Crippen LogP contribution in [0.25, 0.3) is 10.8 Å². The van der Waals surface area contributed by atoms with E-state index in [9.17, 15) is 13.2 Å². The van der Waals surface area contributed by atoms with Crippen LogP contribution >= 0.6 is 23.2 Å². The molecule has 0 spiro atoms. The molecule has 1 unspecified atom stereocenters. The van der Waals surface area contributed by atoms with Crippen LogP contribution in [0.15, 0.2) is 89.8 Å². The maximum absolute atomic E-state index is 12.9. The summed E-state index contributed by atoms with van der Waals surface area (Å²) in [6.07, 6.45) is -0.276. The Labute approximate surface area is 213 Å². The molecule has 0 saturated heterocycles. The fraction of sp³-hybridized carbons (Fsp3) is 0.115. The molecule has 9 heteroatoms. The van der Waals surface area contributed by atoms with Gasteiger partial charge in [0.1, 0.15) is 5.75 Å². The van der Waals surface area contributed by atoms with Crippen molar-refractivity contribution >= 4 is 61.3 Å². The van der Waals surface area contributed by atoms with Gasteiger partial charge in [-0.3, -0.25) is 9.52 Å². The van der Waals surface area contributed by atoms with Gasteiger partial charge < -0.3 is 10.1 Å². The summed E-state index contributed by atoms with van der Waals surface area (Å²) >= 11 is 12.0. The predicted molar refractivity (Wildman–Crippen MR) is 141 cm³/mol. The molecule has 4 aromatic rings. The molecule has 1 amide bonds. The second-order valence-electron chi connectivity index (χ2n) is 7.71. The molecule has 180 valence electrons. The van der Waals surface area contributed by atoms with Crippen molar-refractivity contribution in [3.8, 4) is 5.75 Å². The Hall–Kier alpha value is -3.26. The van der Waals surface area contributed by atoms with Gasteiger partial charge in [0, 0.05) is 11.1 Å². The van der Waals surface area contributed by atoms with E-state index in [-0.39, 0.29) is 26.5 Å². The second kappa shape index (κ2) is 10.6. The van der Waals surface area contributed by atoms with Gasteiger partial charge in [0.25, 0.3) is 15.9 Å². The molecule has 0 aromatic heterocycles. The van der Waals surface area contributed by atoms with Crippen molar-refractivity contribution in [1.29, 1.82) is 0 Å². The molecule has 0 saturated carbocycles.